The fraction of sp³-hybridized carbons (Fsp3) is 0.333. The maximum absolute atomic E-state index is 12.8. The van der Waals surface area contributed by atoms with Gasteiger partial charge in [0.1, 0.15) is 10.6 Å². The zero-order valence-corrected chi connectivity index (χ0v) is 18.3. The van der Waals surface area contributed by atoms with Gasteiger partial charge in [0.15, 0.2) is 11.6 Å². The van der Waals surface area contributed by atoms with Crippen LogP contribution >= 0.6 is 23.1 Å². The molecule has 0 unspecified atom stereocenters. The average molecular weight is 444 g/mol. The number of fused-ring (bicyclic) bond motifs is 1. The van der Waals surface area contributed by atoms with Gasteiger partial charge in [-0.25, -0.2) is 14.8 Å². The second-order valence-corrected chi connectivity index (χ2v) is 8.70. The highest BCUT2D eigenvalue weighted by molar-refractivity contribution is 8.00. The van der Waals surface area contributed by atoms with Gasteiger partial charge in [0, 0.05) is 18.0 Å². The fourth-order valence-electron chi connectivity index (χ4n) is 3.29. The van der Waals surface area contributed by atoms with Crippen molar-refractivity contribution in [1.82, 2.24) is 14.9 Å². The second-order valence-electron chi connectivity index (χ2n) is 6.73. The largest absolute Gasteiger partial charge is 0.462 e. The van der Waals surface area contributed by atoms with Crippen LogP contribution in [0.4, 0.5) is 0 Å². The fourth-order valence-corrected chi connectivity index (χ4v) is 5.15. The molecule has 156 valence electrons. The van der Waals surface area contributed by atoms with Crippen molar-refractivity contribution in [2.75, 3.05) is 18.9 Å². The first-order valence-corrected chi connectivity index (χ1v) is 11.5. The van der Waals surface area contributed by atoms with Crippen molar-refractivity contribution >= 4 is 35.0 Å². The van der Waals surface area contributed by atoms with E-state index in [-0.39, 0.29) is 18.3 Å². The number of aryl methyl sites for hydroxylation is 1. The number of hydrogen-bond acceptors (Lipinski definition) is 8. The number of carbonyl (C=O) groups is 2. The molecule has 30 heavy (non-hydrogen) atoms. The van der Waals surface area contributed by atoms with E-state index in [9.17, 15) is 9.59 Å². The molecular formula is C21H21N3O4S2. The molecule has 4 heterocycles. The van der Waals surface area contributed by atoms with Gasteiger partial charge in [-0.2, -0.15) is 0 Å². The van der Waals surface area contributed by atoms with Crippen LogP contribution in [-0.4, -0.2) is 45.6 Å². The molecular weight excluding hydrogens is 422 g/mol. The van der Waals surface area contributed by atoms with Gasteiger partial charge in [-0.15, -0.1) is 11.3 Å². The molecule has 0 saturated heterocycles. The van der Waals surface area contributed by atoms with Gasteiger partial charge < -0.3 is 14.1 Å². The summed E-state index contributed by atoms with van der Waals surface area (Å²) in [4.78, 5) is 37.5. The summed E-state index contributed by atoms with van der Waals surface area (Å²) in [6.45, 7) is 5.06. The van der Waals surface area contributed by atoms with Gasteiger partial charge in [-0.05, 0) is 49.4 Å². The number of thiophene rings is 1. The Hall–Kier alpha value is -2.65. The highest BCUT2D eigenvalue weighted by Crippen LogP contribution is 2.29. The molecule has 1 amide bonds. The van der Waals surface area contributed by atoms with Gasteiger partial charge >= 0.3 is 5.97 Å². The van der Waals surface area contributed by atoms with Gasteiger partial charge in [0.25, 0.3) is 0 Å². The lowest BCUT2D eigenvalue weighted by Gasteiger charge is -2.27. The van der Waals surface area contributed by atoms with Crippen molar-refractivity contribution in [3.63, 3.8) is 0 Å². The van der Waals surface area contributed by atoms with Crippen LogP contribution in [0.15, 0.2) is 39.3 Å². The zero-order valence-electron chi connectivity index (χ0n) is 16.7. The monoisotopic (exact) mass is 443 g/mol. The van der Waals surface area contributed by atoms with Crippen LogP contribution in [0.1, 0.15) is 33.4 Å². The van der Waals surface area contributed by atoms with Crippen LogP contribution in [0.2, 0.25) is 0 Å². The number of rotatable bonds is 6. The van der Waals surface area contributed by atoms with E-state index in [0.717, 1.165) is 6.42 Å². The van der Waals surface area contributed by atoms with E-state index in [0.29, 0.717) is 41.0 Å². The van der Waals surface area contributed by atoms with Gasteiger partial charge in [-0.3, -0.25) is 4.79 Å². The summed E-state index contributed by atoms with van der Waals surface area (Å²) in [6.07, 6.45) is 2.42. The summed E-state index contributed by atoms with van der Waals surface area (Å²) in [6, 6.07) is 5.58. The number of esters is 1. The molecule has 0 bridgehead atoms. The third-order valence-electron chi connectivity index (χ3n) is 4.77. The first-order valence-electron chi connectivity index (χ1n) is 9.62. The lowest BCUT2D eigenvalue weighted by molar-refractivity contribution is -0.129. The standard InChI is InChI=1S/C21H21N3O4S2/c1-3-27-21(26)18-13(2)22-19(15-5-4-9-28-15)23-20(18)30-12-17(25)24-8-6-16-14(11-24)7-10-29-16/h4-5,7,9-10H,3,6,8,11-12H2,1-2H3. The number of furan rings is 1. The van der Waals surface area contributed by atoms with E-state index in [1.54, 1.807) is 43.6 Å². The SMILES string of the molecule is CCOC(=O)c1c(C)nc(-c2ccco2)nc1SCC(=O)N1CCc2sccc2C1. The van der Waals surface area contributed by atoms with E-state index >= 15 is 0 Å². The molecule has 3 aromatic rings. The number of hydrogen-bond donors (Lipinski definition) is 0. The Morgan fingerprint density at radius 3 is 2.97 bits per heavy atom. The molecule has 0 radical (unpaired) electrons. The normalized spacial score (nSPS) is 13.2. The van der Waals surface area contributed by atoms with Gasteiger partial charge in [0.05, 0.1) is 24.3 Å². The quantitative estimate of drug-likeness (QED) is 0.324. The highest BCUT2D eigenvalue weighted by Gasteiger charge is 2.25. The summed E-state index contributed by atoms with van der Waals surface area (Å²) < 4.78 is 10.6. The van der Waals surface area contributed by atoms with Crippen LogP contribution in [0, 0.1) is 6.92 Å². The smallest absolute Gasteiger partial charge is 0.342 e. The maximum atomic E-state index is 12.8. The van der Waals surface area contributed by atoms with E-state index in [4.69, 9.17) is 9.15 Å². The Labute approximate surface area is 182 Å². The molecule has 1 aliphatic rings. The van der Waals surface area contributed by atoms with Crippen LogP contribution in [0.3, 0.4) is 0 Å². The van der Waals surface area contributed by atoms with Crippen LogP contribution < -0.4 is 0 Å². The Morgan fingerprint density at radius 1 is 1.33 bits per heavy atom. The Balaban J connectivity index is 1.55. The summed E-state index contributed by atoms with van der Waals surface area (Å²) in [7, 11) is 0. The molecule has 0 fully saturated rings. The van der Waals surface area contributed by atoms with Crippen molar-refractivity contribution < 1.29 is 18.7 Å². The lowest BCUT2D eigenvalue weighted by Crippen LogP contribution is -2.36. The molecule has 1 aliphatic heterocycles. The molecule has 4 rings (SSSR count). The number of ether oxygens (including phenoxy) is 1. The molecule has 7 nitrogen and oxygen atoms in total. The highest BCUT2D eigenvalue weighted by atomic mass is 32.2. The Kier molecular flexibility index (Phi) is 6.19. The van der Waals surface area contributed by atoms with Crippen LogP contribution in [0.5, 0.6) is 0 Å². The predicted molar refractivity (Wildman–Crippen MR) is 115 cm³/mol. The van der Waals surface area contributed by atoms with Crippen molar-refractivity contribution in [1.29, 1.82) is 0 Å². The number of amides is 1. The van der Waals surface area contributed by atoms with E-state index in [1.165, 1.54) is 22.2 Å². The molecule has 0 aliphatic carbocycles. The van der Waals surface area contributed by atoms with Crippen molar-refractivity contribution in [2.45, 2.75) is 31.8 Å². The second kappa shape index (κ2) is 9.01. The van der Waals surface area contributed by atoms with E-state index in [2.05, 4.69) is 21.4 Å². The topological polar surface area (TPSA) is 85.5 Å². The molecule has 0 aromatic carbocycles. The first kappa shape index (κ1) is 20.6. The Morgan fingerprint density at radius 2 is 2.20 bits per heavy atom. The number of aromatic nitrogens is 2. The average Bonchev–Trinajstić information content (AvgIpc) is 3.42. The molecule has 0 atom stereocenters. The molecule has 0 spiro atoms. The van der Waals surface area contributed by atoms with Crippen molar-refractivity contribution in [3.8, 4) is 11.6 Å². The summed E-state index contributed by atoms with van der Waals surface area (Å²) in [5.74, 6) is 0.586. The van der Waals surface area contributed by atoms with E-state index in [1.807, 2.05) is 4.90 Å². The number of nitrogens with zero attached hydrogens (tertiary/aromatic N) is 3. The minimum absolute atomic E-state index is 0.0162. The van der Waals surface area contributed by atoms with E-state index < -0.39 is 5.97 Å². The summed E-state index contributed by atoms with van der Waals surface area (Å²) >= 11 is 2.97. The predicted octanol–water partition coefficient (Wildman–Crippen LogP) is 3.96. The molecule has 9 heteroatoms. The third kappa shape index (κ3) is 4.27. The summed E-state index contributed by atoms with van der Waals surface area (Å²) in [5, 5.41) is 2.49. The molecule has 0 N–H and O–H groups in total. The lowest BCUT2D eigenvalue weighted by atomic mass is 10.1. The zero-order chi connectivity index (χ0) is 21.1. The third-order valence-corrected chi connectivity index (χ3v) is 6.75. The minimum atomic E-state index is -0.489. The maximum Gasteiger partial charge on any atom is 0.342 e. The number of carbonyl (C=O) groups excluding carboxylic acids is 2. The van der Waals surface area contributed by atoms with Crippen molar-refractivity contribution in [3.05, 3.63) is 51.5 Å². The van der Waals surface area contributed by atoms with Crippen LogP contribution in [-0.2, 0) is 22.5 Å². The minimum Gasteiger partial charge on any atom is -0.462 e. The van der Waals surface area contributed by atoms with Crippen LogP contribution in [0.25, 0.3) is 11.6 Å². The Bertz CT molecular complexity index is 1060. The molecule has 0 saturated carbocycles. The number of thioether (sulfide) groups is 1. The molecule has 3 aromatic heterocycles. The van der Waals surface area contributed by atoms with Crippen molar-refractivity contribution in [2.24, 2.45) is 0 Å². The van der Waals surface area contributed by atoms with Gasteiger partial charge in [0.2, 0.25) is 5.91 Å². The summed E-state index contributed by atoms with van der Waals surface area (Å²) in [5.41, 5.74) is 2.00. The van der Waals surface area contributed by atoms with Gasteiger partial charge in [-0.1, -0.05) is 11.8 Å². The first-order chi connectivity index (χ1) is 14.6.